The van der Waals surface area contributed by atoms with Crippen molar-refractivity contribution in [1.82, 2.24) is 4.90 Å². The van der Waals surface area contributed by atoms with Crippen LogP contribution in [0, 0.1) is 0 Å². The van der Waals surface area contributed by atoms with Crippen LogP contribution in [0.25, 0.3) is 0 Å². The second kappa shape index (κ2) is 6.06. The van der Waals surface area contributed by atoms with Crippen molar-refractivity contribution in [1.29, 1.82) is 0 Å². The Balaban J connectivity index is 4.05. The predicted molar refractivity (Wildman–Crippen MR) is 53.7 cm³/mol. The Bertz CT molecular complexity index is 231. The van der Waals surface area contributed by atoms with E-state index in [-0.39, 0.29) is 6.04 Å². The molecule has 0 fully saturated rings. The van der Waals surface area contributed by atoms with Gasteiger partial charge in [0, 0.05) is 7.05 Å². The van der Waals surface area contributed by atoms with Gasteiger partial charge in [-0.3, -0.25) is 0 Å². The molecule has 0 saturated heterocycles. The number of carboxylic acid groups (broad SMARTS) is 1. The minimum absolute atomic E-state index is 0.119. The summed E-state index contributed by atoms with van der Waals surface area (Å²) >= 11 is 0. The lowest BCUT2D eigenvalue weighted by molar-refractivity contribution is 0.149. The van der Waals surface area contributed by atoms with Crippen molar-refractivity contribution >= 4 is 6.09 Å². The molecule has 0 aliphatic rings. The van der Waals surface area contributed by atoms with Crippen LogP contribution < -0.4 is 0 Å². The molecule has 13 heavy (non-hydrogen) atoms. The molecule has 1 unspecified atom stereocenters. The maximum Gasteiger partial charge on any atom is 0.407 e. The number of likely N-dealkylation sites (N-methyl/N-ethyl adjacent to an activating group) is 1. The van der Waals surface area contributed by atoms with Gasteiger partial charge in [-0.25, -0.2) is 4.79 Å². The minimum atomic E-state index is -0.926. The van der Waals surface area contributed by atoms with Gasteiger partial charge in [0.1, 0.15) is 0 Å². The lowest BCUT2D eigenvalue weighted by Gasteiger charge is -2.17. The third-order valence-electron chi connectivity index (χ3n) is 1.66. The maximum absolute atomic E-state index is 10.5. The molecule has 0 aliphatic carbocycles. The van der Waals surface area contributed by atoms with Gasteiger partial charge < -0.3 is 10.0 Å². The Morgan fingerprint density at radius 1 is 1.46 bits per heavy atom. The van der Waals surface area contributed by atoms with Crippen molar-refractivity contribution < 1.29 is 9.90 Å². The van der Waals surface area contributed by atoms with Crippen molar-refractivity contribution in [2.24, 2.45) is 0 Å². The lowest BCUT2D eigenvalue weighted by atomic mass is 10.3. The summed E-state index contributed by atoms with van der Waals surface area (Å²) in [5.41, 5.74) is 0. The fraction of sp³-hybridized carbons (Fsp3) is 0.300. The number of hydrogen-bond donors (Lipinski definition) is 1. The topological polar surface area (TPSA) is 40.5 Å². The first-order valence-electron chi connectivity index (χ1n) is 4.01. The molecule has 0 aromatic rings. The number of allylic oxidation sites excluding steroid dienone is 4. The van der Waals surface area contributed by atoms with Crippen LogP contribution >= 0.6 is 0 Å². The van der Waals surface area contributed by atoms with Gasteiger partial charge in [0.05, 0.1) is 6.04 Å². The average Bonchev–Trinajstić information content (AvgIpc) is 2.10. The highest BCUT2D eigenvalue weighted by Crippen LogP contribution is 1.97. The highest BCUT2D eigenvalue weighted by atomic mass is 16.4. The van der Waals surface area contributed by atoms with Crippen LogP contribution in [-0.4, -0.2) is 29.2 Å². The average molecular weight is 181 g/mol. The van der Waals surface area contributed by atoms with Crippen LogP contribution in [0.15, 0.2) is 37.0 Å². The SMILES string of the molecule is C=C/C=C/C=C/C(C)N(C)C(=O)O. The van der Waals surface area contributed by atoms with E-state index in [9.17, 15) is 4.79 Å². The first-order valence-corrected chi connectivity index (χ1v) is 4.01. The molecule has 0 radical (unpaired) electrons. The van der Waals surface area contributed by atoms with E-state index in [1.165, 1.54) is 11.9 Å². The van der Waals surface area contributed by atoms with Crippen molar-refractivity contribution in [3.8, 4) is 0 Å². The van der Waals surface area contributed by atoms with E-state index in [0.717, 1.165) is 0 Å². The number of rotatable bonds is 4. The van der Waals surface area contributed by atoms with E-state index < -0.39 is 6.09 Å². The summed E-state index contributed by atoms with van der Waals surface area (Å²) in [5, 5.41) is 8.61. The van der Waals surface area contributed by atoms with E-state index in [1.54, 1.807) is 30.4 Å². The first-order chi connectivity index (χ1) is 6.09. The second-order valence-electron chi connectivity index (χ2n) is 2.64. The van der Waals surface area contributed by atoms with Gasteiger partial charge in [-0.2, -0.15) is 0 Å². The third-order valence-corrected chi connectivity index (χ3v) is 1.66. The largest absolute Gasteiger partial charge is 0.465 e. The second-order valence-corrected chi connectivity index (χ2v) is 2.64. The summed E-state index contributed by atoms with van der Waals surface area (Å²) < 4.78 is 0. The van der Waals surface area contributed by atoms with Crippen molar-refractivity contribution in [3.05, 3.63) is 37.0 Å². The Labute approximate surface area is 78.7 Å². The zero-order chi connectivity index (χ0) is 10.3. The molecule has 0 heterocycles. The maximum atomic E-state index is 10.5. The zero-order valence-electron chi connectivity index (χ0n) is 7.97. The summed E-state index contributed by atoms with van der Waals surface area (Å²) in [6.45, 7) is 5.33. The van der Waals surface area contributed by atoms with E-state index in [2.05, 4.69) is 6.58 Å². The molecule has 0 saturated carbocycles. The minimum Gasteiger partial charge on any atom is -0.465 e. The van der Waals surface area contributed by atoms with Gasteiger partial charge in [0.2, 0.25) is 0 Å². The predicted octanol–water partition coefficient (Wildman–Crippen LogP) is 2.28. The van der Waals surface area contributed by atoms with E-state index in [0.29, 0.717) is 0 Å². The molecule has 72 valence electrons. The quantitative estimate of drug-likeness (QED) is 0.676. The Kier molecular flexibility index (Phi) is 5.35. The van der Waals surface area contributed by atoms with Crippen molar-refractivity contribution in [2.45, 2.75) is 13.0 Å². The summed E-state index contributed by atoms with van der Waals surface area (Å²) in [5.74, 6) is 0. The molecule has 0 aromatic heterocycles. The standard InChI is InChI=1S/C10H15NO2/c1-4-5-6-7-8-9(2)11(3)10(12)13/h4-9H,1H2,2-3H3,(H,12,13)/b6-5+,8-7+. The fourth-order valence-corrected chi connectivity index (χ4v) is 0.671. The van der Waals surface area contributed by atoms with Gasteiger partial charge in [0.25, 0.3) is 0 Å². The number of carbonyl (C=O) groups is 1. The summed E-state index contributed by atoms with van der Waals surface area (Å²) in [6.07, 6.45) is 7.92. The van der Waals surface area contributed by atoms with Crippen LogP contribution in [-0.2, 0) is 0 Å². The molecular weight excluding hydrogens is 166 g/mol. The molecule has 3 nitrogen and oxygen atoms in total. The normalized spacial score (nSPS) is 13.4. The smallest absolute Gasteiger partial charge is 0.407 e. The summed E-state index contributed by atoms with van der Waals surface area (Å²) in [7, 11) is 1.54. The van der Waals surface area contributed by atoms with Crippen LogP contribution in [0.2, 0.25) is 0 Å². The Hall–Kier alpha value is -1.51. The van der Waals surface area contributed by atoms with Crippen molar-refractivity contribution in [3.63, 3.8) is 0 Å². The molecule has 3 heteroatoms. The molecular formula is C10H15NO2. The molecule has 0 spiro atoms. The first kappa shape index (κ1) is 11.5. The highest BCUT2D eigenvalue weighted by Gasteiger charge is 2.09. The van der Waals surface area contributed by atoms with Gasteiger partial charge in [-0.1, -0.05) is 37.0 Å². The van der Waals surface area contributed by atoms with E-state index in [1.807, 2.05) is 6.92 Å². The summed E-state index contributed by atoms with van der Waals surface area (Å²) in [6, 6.07) is -0.119. The number of hydrogen-bond acceptors (Lipinski definition) is 1. The molecule has 0 aliphatic heterocycles. The monoisotopic (exact) mass is 181 g/mol. The van der Waals surface area contributed by atoms with E-state index >= 15 is 0 Å². The fourth-order valence-electron chi connectivity index (χ4n) is 0.671. The van der Waals surface area contributed by atoms with E-state index in [4.69, 9.17) is 5.11 Å². The van der Waals surface area contributed by atoms with Gasteiger partial charge >= 0.3 is 6.09 Å². The van der Waals surface area contributed by atoms with Crippen molar-refractivity contribution in [2.75, 3.05) is 7.05 Å². The third kappa shape index (κ3) is 4.85. The number of amides is 1. The molecule has 1 amide bonds. The van der Waals surface area contributed by atoms with Crippen LogP contribution in [0.4, 0.5) is 4.79 Å². The van der Waals surface area contributed by atoms with Gasteiger partial charge in [0.15, 0.2) is 0 Å². The number of nitrogens with zero attached hydrogens (tertiary/aromatic N) is 1. The molecule has 1 atom stereocenters. The zero-order valence-corrected chi connectivity index (χ0v) is 7.97. The highest BCUT2D eigenvalue weighted by molar-refractivity contribution is 5.65. The van der Waals surface area contributed by atoms with Crippen LogP contribution in [0.5, 0.6) is 0 Å². The van der Waals surface area contributed by atoms with Crippen LogP contribution in [0.1, 0.15) is 6.92 Å². The molecule has 0 bridgehead atoms. The summed E-state index contributed by atoms with van der Waals surface area (Å²) in [4.78, 5) is 11.7. The molecule has 1 N–H and O–H groups in total. The van der Waals surface area contributed by atoms with Crippen LogP contribution in [0.3, 0.4) is 0 Å². The Morgan fingerprint density at radius 3 is 2.54 bits per heavy atom. The van der Waals surface area contributed by atoms with Gasteiger partial charge in [-0.15, -0.1) is 0 Å². The van der Waals surface area contributed by atoms with Gasteiger partial charge in [-0.05, 0) is 6.92 Å². The lowest BCUT2D eigenvalue weighted by Crippen LogP contribution is -2.32. The molecule has 0 rings (SSSR count). The Morgan fingerprint density at radius 2 is 2.08 bits per heavy atom. The molecule has 0 aromatic carbocycles.